The molecule has 6 nitrogen and oxygen atoms in total. The molecule has 7 heteroatoms. The summed E-state index contributed by atoms with van der Waals surface area (Å²) < 4.78 is 5.04. The molecule has 0 atom stereocenters. The first kappa shape index (κ1) is 13.2. The van der Waals surface area contributed by atoms with Gasteiger partial charge in [0, 0.05) is 13.6 Å². The highest BCUT2D eigenvalue weighted by atomic mass is 32.2. The van der Waals surface area contributed by atoms with E-state index in [2.05, 4.69) is 25.6 Å². The van der Waals surface area contributed by atoms with Crippen LogP contribution < -0.4 is 15.4 Å². The molecular formula is C11H19N5OS. The van der Waals surface area contributed by atoms with Crippen molar-refractivity contribution in [3.63, 3.8) is 0 Å². The third kappa shape index (κ3) is 3.63. The first-order chi connectivity index (χ1) is 8.81. The van der Waals surface area contributed by atoms with Crippen LogP contribution in [0.4, 0.5) is 11.9 Å². The number of hydrogen-bond donors (Lipinski definition) is 2. The molecule has 1 aliphatic heterocycles. The minimum absolute atomic E-state index is 0.330. The fourth-order valence-electron chi connectivity index (χ4n) is 1.82. The third-order valence-corrected chi connectivity index (χ3v) is 3.96. The van der Waals surface area contributed by atoms with Gasteiger partial charge in [0.25, 0.3) is 0 Å². The van der Waals surface area contributed by atoms with Crippen molar-refractivity contribution >= 4 is 23.7 Å². The second-order valence-corrected chi connectivity index (χ2v) is 5.38. The molecule has 2 heterocycles. The number of ether oxygens (including phenoxy) is 1. The van der Waals surface area contributed by atoms with Crippen LogP contribution in [0.3, 0.4) is 0 Å². The van der Waals surface area contributed by atoms with E-state index in [1.165, 1.54) is 24.3 Å². The van der Waals surface area contributed by atoms with Crippen LogP contribution in [0.15, 0.2) is 0 Å². The molecule has 0 saturated carbocycles. The minimum atomic E-state index is 0.330. The topological polar surface area (TPSA) is 72.0 Å². The van der Waals surface area contributed by atoms with Crippen molar-refractivity contribution in [3.05, 3.63) is 0 Å². The Bertz CT molecular complexity index is 361. The standard InChI is InChI=1S/C11H19N5OS/c1-12-9-14-10(16-11(15-9)17-2)13-7-8-3-5-18-6-4-8/h8H,3-7H2,1-2H3,(H2,12,13,14,15,16). The predicted molar refractivity (Wildman–Crippen MR) is 74.5 cm³/mol. The van der Waals surface area contributed by atoms with Gasteiger partial charge in [0.15, 0.2) is 0 Å². The van der Waals surface area contributed by atoms with Gasteiger partial charge in [-0.2, -0.15) is 26.7 Å². The lowest BCUT2D eigenvalue weighted by atomic mass is 10.0. The number of anilines is 2. The molecule has 2 N–H and O–H groups in total. The van der Waals surface area contributed by atoms with Crippen LogP contribution in [0.2, 0.25) is 0 Å². The number of nitrogens with zero attached hydrogens (tertiary/aromatic N) is 3. The van der Waals surface area contributed by atoms with Crippen LogP contribution in [0.1, 0.15) is 12.8 Å². The van der Waals surface area contributed by atoms with Crippen molar-refractivity contribution in [2.45, 2.75) is 12.8 Å². The maximum absolute atomic E-state index is 5.04. The molecule has 1 aromatic heterocycles. The molecule has 0 aromatic carbocycles. The zero-order valence-corrected chi connectivity index (χ0v) is 11.6. The summed E-state index contributed by atoms with van der Waals surface area (Å²) in [5.41, 5.74) is 0. The monoisotopic (exact) mass is 269 g/mol. The molecule has 0 aliphatic carbocycles. The Balaban J connectivity index is 1.94. The van der Waals surface area contributed by atoms with Crippen LogP contribution >= 0.6 is 11.8 Å². The number of aromatic nitrogens is 3. The van der Waals surface area contributed by atoms with Gasteiger partial charge in [0.1, 0.15) is 0 Å². The van der Waals surface area contributed by atoms with Gasteiger partial charge in [-0.15, -0.1) is 0 Å². The van der Waals surface area contributed by atoms with Crippen LogP contribution in [0.5, 0.6) is 6.01 Å². The average molecular weight is 269 g/mol. The highest BCUT2D eigenvalue weighted by Crippen LogP contribution is 2.22. The molecule has 18 heavy (non-hydrogen) atoms. The molecule has 1 aliphatic rings. The highest BCUT2D eigenvalue weighted by Gasteiger charge is 2.14. The van der Waals surface area contributed by atoms with E-state index in [-0.39, 0.29) is 0 Å². The van der Waals surface area contributed by atoms with Gasteiger partial charge in [-0.05, 0) is 30.3 Å². The van der Waals surface area contributed by atoms with Crippen molar-refractivity contribution < 1.29 is 4.74 Å². The summed E-state index contributed by atoms with van der Waals surface area (Å²) in [7, 11) is 3.33. The van der Waals surface area contributed by atoms with Crippen LogP contribution in [-0.2, 0) is 0 Å². The molecule has 2 rings (SSSR count). The predicted octanol–water partition coefficient (Wildman–Crippen LogP) is 1.48. The van der Waals surface area contributed by atoms with E-state index in [1.54, 1.807) is 14.2 Å². The number of thioether (sulfide) groups is 1. The van der Waals surface area contributed by atoms with Gasteiger partial charge < -0.3 is 15.4 Å². The normalized spacial score (nSPS) is 16.3. The largest absolute Gasteiger partial charge is 0.467 e. The number of rotatable bonds is 5. The Kier molecular flexibility index (Phi) is 4.86. The number of hydrogen-bond acceptors (Lipinski definition) is 7. The van der Waals surface area contributed by atoms with Gasteiger partial charge in [-0.25, -0.2) is 0 Å². The zero-order chi connectivity index (χ0) is 12.8. The molecule has 0 unspecified atom stereocenters. The Morgan fingerprint density at radius 3 is 2.61 bits per heavy atom. The molecule has 1 fully saturated rings. The third-order valence-electron chi connectivity index (χ3n) is 2.91. The second-order valence-electron chi connectivity index (χ2n) is 4.16. The summed E-state index contributed by atoms with van der Waals surface area (Å²) in [6.45, 7) is 0.914. The Hall–Kier alpha value is -1.24. The maximum Gasteiger partial charge on any atom is 0.322 e. The van der Waals surface area contributed by atoms with Crippen molar-refractivity contribution in [2.24, 2.45) is 5.92 Å². The maximum atomic E-state index is 5.04. The molecule has 1 saturated heterocycles. The minimum Gasteiger partial charge on any atom is -0.467 e. The Labute approximate surface area is 111 Å². The van der Waals surface area contributed by atoms with Crippen molar-refractivity contribution in [1.29, 1.82) is 0 Å². The summed E-state index contributed by atoms with van der Waals surface area (Å²) in [4.78, 5) is 12.5. The fraction of sp³-hybridized carbons (Fsp3) is 0.727. The highest BCUT2D eigenvalue weighted by molar-refractivity contribution is 7.99. The molecule has 0 bridgehead atoms. The fourth-order valence-corrected chi connectivity index (χ4v) is 3.03. The van der Waals surface area contributed by atoms with E-state index < -0.39 is 0 Å². The average Bonchev–Trinajstić information content (AvgIpc) is 2.45. The van der Waals surface area contributed by atoms with Crippen LogP contribution in [0, 0.1) is 5.92 Å². The van der Waals surface area contributed by atoms with Gasteiger partial charge in [-0.3, -0.25) is 0 Å². The van der Waals surface area contributed by atoms with Crippen molar-refractivity contribution in [3.8, 4) is 6.01 Å². The molecule has 0 spiro atoms. The van der Waals surface area contributed by atoms with E-state index in [0.717, 1.165) is 6.54 Å². The lowest BCUT2D eigenvalue weighted by Gasteiger charge is -2.21. The van der Waals surface area contributed by atoms with Crippen LogP contribution in [-0.4, -0.2) is 47.2 Å². The van der Waals surface area contributed by atoms with Crippen molar-refractivity contribution in [1.82, 2.24) is 15.0 Å². The Morgan fingerprint density at radius 1 is 1.22 bits per heavy atom. The SMILES string of the molecule is CNc1nc(NCC2CCSCC2)nc(OC)n1. The number of methoxy groups -OCH3 is 1. The smallest absolute Gasteiger partial charge is 0.322 e. The van der Waals surface area contributed by atoms with Gasteiger partial charge in [-0.1, -0.05) is 0 Å². The van der Waals surface area contributed by atoms with E-state index in [9.17, 15) is 0 Å². The number of nitrogens with one attached hydrogen (secondary N) is 2. The molecule has 0 amide bonds. The Morgan fingerprint density at radius 2 is 1.94 bits per heavy atom. The first-order valence-corrected chi connectivity index (χ1v) is 7.26. The van der Waals surface area contributed by atoms with Gasteiger partial charge >= 0.3 is 6.01 Å². The van der Waals surface area contributed by atoms with Crippen LogP contribution in [0.25, 0.3) is 0 Å². The van der Waals surface area contributed by atoms with Gasteiger partial charge in [0.05, 0.1) is 7.11 Å². The zero-order valence-electron chi connectivity index (χ0n) is 10.8. The lowest BCUT2D eigenvalue weighted by Crippen LogP contribution is -2.20. The summed E-state index contributed by atoms with van der Waals surface area (Å²) in [6.07, 6.45) is 2.53. The summed E-state index contributed by atoms with van der Waals surface area (Å²) in [5.74, 6) is 4.32. The van der Waals surface area contributed by atoms with Gasteiger partial charge in [0.2, 0.25) is 11.9 Å². The van der Waals surface area contributed by atoms with E-state index >= 15 is 0 Å². The molecule has 100 valence electrons. The van der Waals surface area contributed by atoms with E-state index in [0.29, 0.717) is 23.8 Å². The molecule has 1 aromatic rings. The summed E-state index contributed by atoms with van der Waals surface area (Å²) in [5, 5.41) is 6.17. The lowest BCUT2D eigenvalue weighted by molar-refractivity contribution is 0.379. The van der Waals surface area contributed by atoms with Crippen molar-refractivity contribution in [2.75, 3.05) is 42.8 Å². The summed E-state index contributed by atoms with van der Waals surface area (Å²) in [6, 6.07) is 0.330. The molecule has 0 radical (unpaired) electrons. The first-order valence-electron chi connectivity index (χ1n) is 6.11. The molecular weight excluding hydrogens is 250 g/mol. The second kappa shape index (κ2) is 6.63. The summed E-state index contributed by atoms with van der Waals surface area (Å²) >= 11 is 2.03. The van der Waals surface area contributed by atoms with E-state index in [4.69, 9.17) is 4.74 Å². The quantitative estimate of drug-likeness (QED) is 0.838. The van der Waals surface area contributed by atoms with E-state index in [1.807, 2.05) is 11.8 Å².